The molecule has 30 heavy (non-hydrogen) atoms. The van der Waals surface area contributed by atoms with Gasteiger partial charge >= 0.3 is 0 Å². The third-order valence-electron chi connectivity index (χ3n) is 4.61. The minimum Gasteiger partial charge on any atom is -0.360 e. The van der Waals surface area contributed by atoms with E-state index in [1.807, 2.05) is 0 Å². The number of imidazole rings is 1. The summed E-state index contributed by atoms with van der Waals surface area (Å²) in [6.45, 7) is 2.11. The lowest BCUT2D eigenvalue weighted by Gasteiger charge is -2.02. The quantitative estimate of drug-likeness (QED) is 0.393. The lowest BCUT2D eigenvalue weighted by atomic mass is 9.99. The van der Waals surface area contributed by atoms with E-state index in [1.54, 1.807) is 43.7 Å². The maximum Gasteiger partial charge on any atom is 0.267 e. The van der Waals surface area contributed by atoms with Gasteiger partial charge in [0.2, 0.25) is 0 Å². The van der Waals surface area contributed by atoms with Crippen LogP contribution in [0.15, 0.2) is 53.6 Å². The molecule has 0 saturated carbocycles. The topological polar surface area (TPSA) is 117 Å². The Hall–Kier alpha value is -3.65. The van der Waals surface area contributed by atoms with E-state index in [0.29, 0.717) is 51.8 Å². The van der Waals surface area contributed by atoms with Gasteiger partial charge in [0.1, 0.15) is 17.1 Å². The molecule has 0 atom stereocenters. The third kappa shape index (κ3) is 4.04. The zero-order valence-electron chi connectivity index (χ0n) is 16.0. The molecule has 1 aromatic carbocycles. The predicted octanol–water partition coefficient (Wildman–Crippen LogP) is 3.56. The number of aromatic nitrogens is 4. The van der Waals surface area contributed by atoms with E-state index >= 15 is 0 Å². The van der Waals surface area contributed by atoms with Crippen LogP contribution in [0.25, 0.3) is 11.3 Å². The summed E-state index contributed by atoms with van der Waals surface area (Å²) in [4.78, 5) is 35.2. The number of nitrogens with zero attached hydrogens (tertiary/aromatic N) is 2. The van der Waals surface area contributed by atoms with Gasteiger partial charge in [-0.05, 0) is 25.1 Å². The van der Waals surface area contributed by atoms with Crippen molar-refractivity contribution < 1.29 is 14.1 Å². The Balaban J connectivity index is 1.51. The number of rotatable bonds is 7. The molecule has 0 fully saturated rings. The fourth-order valence-corrected chi connectivity index (χ4v) is 3.29. The molecule has 8 nitrogen and oxygen atoms in total. The second-order valence-electron chi connectivity index (χ2n) is 6.69. The molecule has 0 saturated heterocycles. The average molecular weight is 424 g/mol. The molecule has 4 rings (SSSR count). The number of aromatic amines is 2. The second kappa shape index (κ2) is 8.38. The van der Waals surface area contributed by atoms with Crippen molar-refractivity contribution in [2.24, 2.45) is 0 Å². The summed E-state index contributed by atoms with van der Waals surface area (Å²) >= 11 is 6.06. The van der Waals surface area contributed by atoms with Crippen LogP contribution in [-0.4, -0.2) is 38.3 Å². The highest BCUT2D eigenvalue weighted by Gasteiger charge is 2.24. The summed E-state index contributed by atoms with van der Waals surface area (Å²) < 4.78 is 5.26. The lowest BCUT2D eigenvalue weighted by Crippen LogP contribution is -2.26. The van der Waals surface area contributed by atoms with Crippen molar-refractivity contribution in [3.8, 4) is 11.3 Å². The van der Waals surface area contributed by atoms with Gasteiger partial charge < -0.3 is 19.8 Å². The van der Waals surface area contributed by atoms with Gasteiger partial charge in [-0.1, -0.05) is 28.9 Å². The standard InChI is InChI=1S/C21H18ClN5O3/c1-12-18(19(27-30-12)13-3-2-4-15(22)7-13)20(28)14-8-17(25-9-14)21(29)24-6-5-16-10-23-11-26-16/h2-4,7-11,25H,5-6H2,1H3,(H,23,26)(H,24,29). The van der Waals surface area contributed by atoms with Gasteiger partial charge in [0, 0.05) is 47.2 Å². The summed E-state index contributed by atoms with van der Waals surface area (Å²) in [6, 6.07) is 8.55. The zero-order chi connectivity index (χ0) is 21.1. The van der Waals surface area contributed by atoms with Crippen LogP contribution < -0.4 is 5.32 Å². The number of amides is 1. The molecule has 0 aliphatic heterocycles. The number of carbonyl (C=O) groups is 2. The first-order chi connectivity index (χ1) is 14.5. The number of H-pyrrole nitrogens is 2. The number of ketones is 1. The van der Waals surface area contributed by atoms with E-state index in [2.05, 4.69) is 25.4 Å². The highest BCUT2D eigenvalue weighted by atomic mass is 35.5. The molecule has 9 heteroatoms. The second-order valence-corrected chi connectivity index (χ2v) is 7.12. The van der Waals surface area contributed by atoms with E-state index in [-0.39, 0.29) is 11.7 Å². The number of aryl methyl sites for hydroxylation is 1. The molecule has 3 N–H and O–H groups in total. The fraction of sp³-hybridized carbons (Fsp3) is 0.143. The van der Waals surface area contributed by atoms with Gasteiger partial charge in [0.15, 0.2) is 5.78 Å². The molecule has 3 aromatic heterocycles. The predicted molar refractivity (Wildman–Crippen MR) is 111 cm³/mol. The Labute approximate surface area is 176 Å². The van der Waals surface area contributed by atoms with Crippen LogP contribution >= 0.6 is 11.6 Å². The third-order valence-corrected chi connectivity index (χ3v) is 4.85. The molecule has 0 aliphatic carbocycles. The molecule has 0 bridgehead atoms. The first kappa shape index (κ1) is 19.7. The fourth-order valence-electron chi connectivity index (χ4n) is 3.10. The molecular weight excluding hydrogens is 406 g/mol. The number of nitrogens with one attached hydrogen (secondary N) is 3. The highest BCUT2D eigenvalue weighted by Crippen LogP contribution is 2.29. The summed E-state index contributed by atoms with van der Waals surface area (Å²) in [5.41, 5.74) is 2.98. The minimum absolute atomic E-state index is 0.293. The van der Waals surface area contributed by atoms with Gasteiger partial charge in [0.25, 0.3) is 5.91 Å². The van der Waals surface area contributed by atoms with Crippen molar-refractivity contribution >= 4 is 23.3 Å². The Morgan fingerprint density at radius 2 is 2.10 bits per heavy atom. The monoisotopic (exact) mass is 423 g/mol. The van der Waals surface area contributed by atoms with Gasteiger partial charge in [-0.15, -0.1) is 0 Å². The maximum atomic E-state index is 13.1. The van der Waals surface area contributed by atoms with Crippen molar-refractivity contribution in [1.29, 1.82) is 0 Å². The number of benzene rings is 1. The highest BCUT2D eigenvalue weighted by molar-refractivity contribution is 6.30. The number of hydrogen-bond donors (Lipinski definition) is 3. The van der Waals surface area contributed by atoms with E-state index in [1.165, 1.54) is 12.3 Å². The van der Waals surface area contributed by atoms with Crippen molar-refractivity contribution in [3.05, 3.63) is 82.4 Å². The number of hydrogen-bond acceptors (Lipinski definition) is 5. The molecule has 152 valence electrons. The molecule has 0 radical (unpaired) electrons. The Morgan fingerprint density at radius 3 is 2.87 bits per heavy atom. The van der Waals surface area contributed by atoms with Crippen LogP contribution in [0.1, 0.15) is 37.9 Å². The summed E-state index contributed by atoms with van der Waals surface area (Å²) in [5.74, 6) is -0.205. The zero-order valence-corrected chi connectivity index (χ0v) is 16.8. The van der Waals surface area contributed by atoms with Crippen LogP contribution in [0.4, 0.5) is 0 Å². The van der Waals surface area contributed by atoms with E-state index in [4.69, 9.17) is 16.1 Å². The molecule has 1 amide bonds. The Kier molecular flexibility index (Phi) is 5.49. The van der Waals surface area contributed by atoms with Crippen molar-refractivity contribution in [3.63, 3.8) is 0 Å². The Bertz CT molecular complexity index is 1190. The SMILES string of the molecule is Cc1onc(-c2cccc(Cl)c2)c1C(=O)c1c[nH]c(C(=O)NCCc2cnc[nH]2)c1. The van der Waals surface area contributed by atoms with E-state index in [0.717, 1.165) is 5.69 Å². The maximum absolute atomic E-state index is 13.1. The van der Waals surface area contributed by atoms with Crippen molar-refractivity contribution in [2.75, 3.05) is 6.54 Å². The van der Waals surface area contributed by atoms with Crippen molar-refractivity contribution in [1.82, 2.24) is 25.4 Å². The van der Waals surface area contributed by atoms with Crippen LogP contribution in [-0.2, 0) is 6.42 Å². The number of carbonyl (C=O) groups excluding carboxylic acids is 2. The molecule has 0 spiro atoms. The Morgan fingerprint density at radius 1 is 1.23 bits per heavy atom. The minimum atomic E-state index is -0.300. The summed E-state index contributed by atoms with van der Waals surface area (Å²) in [5, 5.41) is 7.36. The van der Waals surface area contributed by atoms with Gasteiger partial charge in [-0.25, -0.2) is 4.98 Å². The van der Waals surface area contributed by atoms with Crippen LogP contribution in [0.3, 0.4) is 0 Å². The van der Waals surface area contributed by atoms with Crippen LogP contribution in [0.2, 0.25) is 5.02 Å². The summed E-state index contributed by atoms with van der Waals surface area (Å²) in [6.07, 6.45) is 5.42. The molecule has 0 aliphatic rings. The summed E-state index contributed by atoms with van der Waals surface area (Å²) in [7, 11) is 0. The van der Waals surface area contributed by atoms with Crippen LogP contribution in [0.5, 0.6) is 0 Å². The molecule has 4 aromatic rings. The van der Waals surface area contributed by atoms with Crippen LogP contribution in [0, 0.1) is 6.92 Å². The largest absolute Gasteiger partial charge is 0.360 e. The smallest absolute Gasteiger partial charge is 0.267 e. The first-order valence-corrected chi connectivity index (χ1v) is 9.61. The van der Waals surface area contributed by atoms with Gasteiger partial charge in [-0.2, -0.15) is 0 Å². The number of halogens is 1. The van der Waals surface area contributed by atoms with Gasteiger partial charge in [-0.3, -0.25) is 9.59 Å². The van der Waals surface area contributed by atoms with Gasteiger partial charge in [0.05, 0.1) is 11.9 Å². The van der Waals surface area contributed by atoms with E-state index < -0.39 is 0 Å². The molecule has 0 unspecified atom stereocenters. The lowest BCUT2D eigenvalue weighted by molar-refractivity contribution is 0.0949. The first-order valence-electron chi connectivity index (χ1n) is 9.23. The molecular formula is C21H18ClN5O3. The normalized spacial score (nSPS) is 10.9. The van der Waals surface area contributed by atoms with E-state index in [9.17, 15) is 9.59 Å². The van der Waals surface area contributed by atoms with Crippen molar-refractivity contribution in [2.45, 2.75) is 13.3 Å². The molecule has 3 heterocycles. The average Bonchev–Trinajstić information content (AvgIpc) is 3.48.